The van der Waals surface area contributed by atoms with Gasteiger partial charge in [-0.1, -0.05) is 68.5 Å². The largest absolute Gasteiger partial charge is 0.444 e. The fourth-order valence-electron chi connectivity index (χ4n) is 10.4. The summed E-state index contributed by atoms with van der Waals surface area (Å²) in [5, 5.41) is 5.90. The third-order valence-electron chi connectivity index (χ3n) is 14.0. The van der Waals surface area contributed by atoms with Crippen molar-refractivity contribution in [1.29, 1.82) is 0 Å². The van der Waals surface area contributed by atoms with Crippen molar-refractivity contribution in [1.82, 2.24) is 9.97 Å². The molecule has 4 amide bonds. The maximum atomic E-state index is 14.3. The molecule has 16 heteroatoms. The summed E-state index contributed by atoms with van der Waals surface area (Å²) < 4.78 is 27.6. The van der Waals surface area contributed by atoms with Crippen molar-refractivity contribution in [2.45, 2.75) is 178 Å². The summed E-state index contributed by atoms with van der Waals surface area (Å²) in [7, 11) is 0. The highest BCUT2D eigenvalue weighted by Crippen LogP contribution is 2.33. The Bertz CT molecular complexity index is 3540. The lowest BCUT2D eigenvalue weighted by Gasteiger charge is -2.28. The molecule has 2 N–H and O–H groups in total. The molecule has 0 atom stereocenters. The molecule has 16 nitrogen and oxygen atoms in total. The van der Waals surface area contributed by atoms with Gasteiger partial charge in [0.15, 0.2) is 0 Å². The molecule has 0 fully saturated rings. The van der Waals surface area contributed by atoms with Crippen LogP contribution in [0.4, 0.5) is 41.9 Å². The zero-order valence-corrected chi connectivity index (χ0v) is 52.7. The minimum Gasteiger partial charge on any atom is -0.444 e. The van der Waals surface area contributed by atoms with E-state index in [9.17, 15) is 19.2 Å². The molecule has 0 spiro atoms. The number of rotatable bonds is 16. The molecular weight excluding hydrogens is 1070 g/mol. The first-order chi connectivity index (χ1) is 39.9. The van der Waals surface area contributed by atoms with Gasteiger partial charge in [-0.2, -0.15) is 0 Å². The lowest BCUT2D eigenvalue weighted by atomic mass is 10.1. The fraction of sp³-hybridized carbons (Fsp3) is 0.420. The number of carbonyl (C=O) groups excluding carboxylic acids is 4. The number of amides is 4. The van der Waals surface area contributed by atoms with E-state index in [1.54, 1.807) is 9.80 Å². The van der Waals surface area contributed by atoms with Crippen LogP contribution in [0.3, 0.4) is 0 Å². The van der Waals surface area contributed by atoms with E-state index in [1.165, 1.54) is 0 Å². The third kappa shape index (κ3) is 16.1. The molecular formula is C69H86N8O8+2. The molecule has 6 aromatic carbocycles. The van der Waals surface area contributed by atoms with Gasteiger partial charge in [0.05, 0.1) is 22.7 Å². The Hall–Kier alpha value is -8.40. The second-order valence-corrected chi connectivity index (χ2v) is 26.1. The van der Waals surface area contributed by atoms with Gasteiger partial charge in [0.2, 0.25) is 33.4 Å². The normalized spacial score (nSPS) is 12.1. The topological polar surface area (TPSA) is 169 Å². The van der Waals surface area contributed by atoms with Crippen LogP contribution in [-0.2, 0) is 18.9 Å². The monoisotopic (exact) mass is 1150 g/mol. The molecule has 2 aromatic heterocycles. The van der Waals surface area contributed by atoms with E-state index in [2.05, 4.69) is 19.8 Å². The number of fused-ring (bicyclic) bond motifs is 4. The summed E-state index contributed by atoms with van der Waals surface area (Å²) in [6, 6.07) is 35.9. The van der Waals surface area contributed by atoms with Crippen LogP contribution in [0.5, 0.6) is 0 Å². The first-order valence-corrected chi connectivity index (χ1v) is 29.7. The molecule has 8 aromatic rings. The van der Waals surface area contributed by atoms with Crippen LogP contribution in [0.1, 0.15) is 150 Å². The number of para-hydroxylation sites is 2. The van der Waals surface area contributed by atoms with Gasteiger partial charge in [-0.05, 0) is 170 Å². The molecule has 0 aliphatic heterocycles. The number of unbranched alkanes of at least 4 members (excludes halogenated alkanes) is 6. The highest BCUT2D eigenvalue weighted by atomic mass is 16.6. The van der Waals surface area contributed by atoms with Crippen molar-refractivity contribution in [3.05, 3.63) is 131 Å². The van der Waals surface area contributed by atoms with Crippen LogP contribution in [0.15, 0.2) is 109 Å². The van der Waals surface area contributed by atoms with Crippen molar-refractivity contribution < 1.29 is 47.3 Å². The summed E-state index contributed by atoms with van der Waals surface area (Å²) in [4.78, 5) is 68.5. The average molecular weight is 1160 g/mol. The van der Waals surface area contributed by atoms with Crippen LogP contribution in [0.2, 0.25) is 0 Å². The second kappa shape index (κ2) is 25.4. The minimum absolute atomic E-state index is 0.429. The summed E-state index contributed by atoms with van der Waals surface area (Å²) in [6.07, 6.45) is 4.18. The highest BCUT2D eigenvalue weighted by Gasteiger charge is 2.31. The van der Waals surface area contributed by atoms with Gasteiger partial charge in [-0.15, -0.1) is 9.13 Å². The van der Waals surface area contributed by atoms with Crippen molar-refractivity contribution >= 4 is 91.3 Å². The first kappa shape index (κ1) is 62.6. The number of aryl methyl sites for hydroxylation is 4. The van der Waals surface area contributed by atoms with Crippen LogP contribution < -0.4 is 29.6 Å². The average Bonchev–Trinajstić information content (AvgIpc) is 0.820. The van der Waals surface area contributed by atoms with E-state index >= 15 is 0 Å². The maximum absolute atomic E-state index is 14.3. The van der Waals surface area contributed by atoms with Crippen LogP contribution in [0, 0.1) is 27.7 Å². The SMILES string of the molecule is Cc1cc2nc3cc(C)c(N(CCCCCCCCCN(C(=O)OC(C)(C)C)c4cc5c(cc4C)nc4cc(C)c(NC(=O)OC(C)(C)C)cc4[n+]5-c4ccccc4)C(=O)OC(C)(C)C)cc3[n+](-c3ccccc3)c2cc1NC(=O)OC(C)(C)C. The summed E-state index contributed by atoms with van der Waals surface area (Å²) in [6.45, 7) is 31.0. The Morgan fingerprint density at radius 1 is 0.400 bits per heavy atom. The van der Waals surface area contributed by atoms with Crippen LogP contribution in [0.25, 0.3) is 55.5 Å². The number of nitrogens with one attached hydrogen (secondary N) is 2. The van der Waals surface area contributed by atoms with Gasteiger partial charge in [0, 0.05) is 61.6 Å². The Morgan fingerprint density at radius 2 is 0.694 bits per heavy atom. The number of carbonyl (C=O) groups is 4. The van der Waals surface area contributed by atoms with E-state index in [4.69, 9.17) is 28.9 Å². The summed E-state index contributed by atoms with van der Waals surface area (Å²) in [5.41, 5.74) is 11.1. The van der Waals surface area contributed by atoms with Crippen LogP contribution in [-0.4, -0.2) is 69.8 Å². The number of anilines is 4. The van der Waals surface area contributed by atoms with Gasteiger partial charge in [0.25, 0.3) is 0 Å². The minimum atomic E-state index is -0.729. The lowest BCUT2D eigenvalue weighted by molar-refractivity contribution is -0.538. The molecule has 448 valence electrons. The molecule has 0 radical (unpaired) electrons. The summed E-state index contributed by atoms with van der Waals surface area (Å²) in [5.74, 6) is 0. The maximum Gasteiger partial charge on any atom is 0.414 e. The Morgan fingerprint density at radius 3 is 1.01 bits per heavy atom. The van der Waals surface area contributed by atoms with E-state index in [0.717, 1.165) is 134 Å². The molecule has 0 bridgehead atoms. The predicted molar refractivity (Wildman–Crippen MR) is 340 cm³/mol. The second-order valence-electron chi connectivity index (χ2n) is 26.1. The number of hydrogen-bond acceptors (Lipinski definition) is 10. The Labute approximate surface area is 500 Å². The van der Waals surface area contributed by atoms with Crippen molar-refractivity contribution in [3.8, 4) is 11.4 Å². The lowest BCUT2D eigenvalue weighted by Crippen LogP contribution is -2.38. The molecule has 0 aliphatic carbocycles. The van der Waals surface area contributed by atoms with Crippen molar-refractivity contribution in [2.75, 3.05) is 33.5 Å². The molecule has 0 saturated heterocycles. The molecule has 0 aliphatic rings. The van der Waals surface area contributed by atoms with Gasteiger partial charge >= 0.3 is 24.4 Å². The van der Waals surface area contributed by atoms with Gasteiger partial charge in [0.1, 0.15) is 44.5 Å². The van der Waals surface area contributed by atoms with Crippen LogP contribution >= 0.6 is 0 Å². The molecule has 85 heavy (non-hydrogen) atoms. The first-order valence-electron chi connectivity index (χ1n) is 29.7. The van der Waals surface area contributed by atoms with E-state index < -0.39 is 46.8 Å². The molecule has 0 saturated carbocycles. The van der Waals surface area contributed by atoms with Gasteiger partial charge in [-0.25, -0.2) is 29.1 Å². The highest BCUT2D eigenvalue weighted by molar-refractivity contribution is 5.97. The molecule has 8 rings (SSSR count). The van der Waals surface area contributed by atoms with E-state index in [0.29, 0.717) is 24.5 Å². The predicted octanol–water partition coefficient (Wildman–Crippen LogP) is 16.5. The number of nitrogens with zero attached hydrogens (tertiary/aromatic N) is 6. The van der Waals surface area contributed by atoms with E-state index in [1.807, 2.05) is 220 Å². The molecule has 0 unspecified atom stereocenters. The number of aromatic nitrogens is 4. The third-order valence-corrected chi connectivity index (χ3v) is 14.0. The number of hydrogen-bond donors (Lipinski definition) is 2. The quantitative estimate of drug-likeness (QED) is 0.0411. The Balaban J connectivity index is 1.00. The standard InChI is InChI=1S/C69H84N8O8/c1-44-36-52-58(40-50(44)72-62(78)82-66(5,6)7)76(48-30-24-22-25-31-48)60-42-56(46(3)38-54(60)70-52)74(64(80)84-68(11,12)13)34-28-20-18-17-19-21-29-35-75(65(81)85-69(14,15)16)57-43-61-55(39-47(57)4)71-53-37-45(2)51(73-63(79)83-67(8,9)10)41-59(53)77(61)49-32-26-23-27-33-49/h22-27,30-33,36-43H,17-21,28-29,34-35H2,1-16H3/p+2. The number of ether oxygens (including phenoxy) is 4. The van der Waals surface area contributed by atoms with E-state index in [-0.39, 0.29) is 0 Å². The molecule has 2 heterocycles. The van der Waals surface area contributed by atoms with Gasteiger partial charge in [-0.3, -0.25) is 20.4 Å². The Kier molecular flexibility index (Phi) is 18.7. The fourth-order valence-corrected chi connectivity index (χ4v) is 10.4. The number of benzene rings is 6. The smallest absolute Gasteiger partial charge is 0.414 e. The van der Waals surface area contributed by atoms with Crippen molar-refractivity contribution in [3.63, 3.8) is 0 Å². The van der Waals surface area contributed by atoms with Crippen molar-refractivity contribution in [2.24, 2.45) is 0 Å². The summed E-state index contributed by atoms with van der Waals surface area (Å²) >= 11 is 0. The zero-order valence-electron chi connectivity index (χ0n) is 52.7. The van der Waals surface area contributed by atoms with Gasteiger partial charge < -0.3 is 18.9 Å². The zero-order chi connectivity index (χ0) is 61.8.